The molecule has 1 aliphatic rings. The van der Waals surface area contributed by atoms with E-state index in [9.17, 15) is 67.7 Å². The number of hydrogen-bond donors (Lipinski definition) is 2. The SMILES string of the molecule is C=C(C)C(=O)OC1CC(CC(O)(C(F)C(F)F)C(F)(F)F)CC(CC(O)(C(F)C(F)F)C(F)(F)F)C1. The Morgan fingerprint density at radius 1 is 0.806 bits per heavy atom. The minimum atomic E-state index is -5.98. The first-order valence-electron chi connectivity index (χ1n) is 10.4. The molecule has 2 N–H and O–H groups in total. The maximum Gasteiger partial charge on any atom is 0.420 e. The Morgan fingerprint density at radius 3 is 1.39 bits per heavy atom. The van der Waals surface area contributed by atoms with Gasteiger partial charge in [0.15, 0.2) is 23.5 Å². The average Bonchev–Trinajstić information content (AvgIpc) is 2.70. The second-order valence-electron chi connectivity index (χ2n) is 8.97. The molecule has 16 heteroatoms. The minimum absolute atomic E-state index is 0.268. The van der Waals surface area contributed by atoms with Crippen LogP contribution < -0.4 is 0 Å². The van der Waals surface area contributed by atoms with Gasteiger partial charge in [0.25, 0.3) is 12.9 Å². The third kappa shape index (κ3) is 7.19. The second kappa shape index (κ2) is 11.4. The highest BCUT2D eigenvalue weighted by Crippen LogP contribution is 2.49. The number of halogens is 12. The molecular weight excluding hydrogens is 532 g/mol. The minimum Gasteiger partial charge on any atom is -0.459 e. The van der Waals surface area contributed by atoms with Crippen molar-refractivity contribution in [2.24, 2.45) is 11.8 Å². The molecule has 0 spiro atoms. The summed E-state index contributed by atoms with van der Waals surface area (Å²) in [6.07, 6.45) is -36.5. The van der Waals surface area contributed by atoms with Gasteiger partial charge in [-0.25, -0.2) is 31.1 Å². The molecule has 1 aliphatic carbocycles. The summed E-state index contributed by atoms with van der Waals surface area (Å²) in [7, 11) is 0. The number of aliphatic hydroxyl groups is 2. The van der Waals surface area contributed by atoms with Crippen molar-refractivity contribution in [3.05, 3.63) is 12.2 Å². The van der Waals surface area contributed by atoms with Gasteiger partial charge in [0.1, 0.15) is 6.10 Å². The van der Waals surface area contributed by atoms with Gasteiger partial charge in [-0.3, -0.25) is 0 Å². The van der Waals surface area contributed by atoms with E-state index >= 15 is 0 Å². The van der Waals surface area contributed by atoms with Crippen LogP contribution in [0.4, 0.5) is 52.7 Å². The smallest absolute Gasteiger partial charge is 0.420 e. The maximum absolute atomic E-state index is 13.8. The zero-order valence-electron chi connectivity index (χ0n) is 18.5. The third-order valence-corrected chi connectivity index (χ3v) is 6.02. The lowest BCUT2D eigenvalue weighted by atomic mass is 9.70. The molecule has 0 heterocycles. The summed E-state index contributed by atoms with van der Waals surface area (Å²) >= 11 is 0. The molecule has 4 nitrogen and oxygen atoms in total. The highest BCUT2D eigenvalue weighted by molar-refractivity contribution is 5.87. The number of carbonyl (C=O) groups is 1. The van der Waals surface area contributed by atoms with E-state index in [2.05, 4.69) is 6.58 Å². The number of alkyl halides is 12. The molecule has 0 aliphatic heterocycles. The Morgan fingerprint density at radius 2 is 1.14 bits per heavy atom. The van der Waals surface area contributed by atoms with Crippen LogP contribution in [-0.4, -0.2) is 71.0 Å². The predicted octanol–water partition coefficient (Wildman–Crippen LogP) is 5.46. The Hall–Kier alpha value is -1.71. The second-order valence-corrected chi connectivity index (χ2v) is 8.97. The molecule has 212 valence electrons. The zero-order valence-corrected chi connectivity index (χ0v) is 18.5. The molecule has 0 amide bonds. The van der Waals surface area contributed by atoms with Gasteiger partial charge in [0.2, 0.25) is 0 Å². The number of hydrogen-bond acceptors (Lipinski definition) is 4. The van der Waals surface area contributed by atoms with E-state index in [1.807, 2.05) is 0 Å². The molecule has 1 fully saturated rings. The molecule has 0 saturated heterocycles. The number of rotatable bonds is 10. The van der Waals surface area contributed by atoms with Gasteiger partial charge in [0, 0.05) is 5.57 Å². The van der Waals surface area contributed by atoms with Crippen LogP contribution in [0.2, 0.25) is 0 Å². The fourth-order valence-electron chi connectivity index (χ4n) is 4.25. The average molecular weight is 556 g/mol. The molecule has 0 radical (unpaired) electrons. The van der Waals surface area contributed by atoms with Crippen molar-refractivity contribution >= 4 is 5.97 Å². The molecule has 6 unspecified atom stereocenters. The summed E-state index contributed by atoms with van der Waals surface area (Å²) in [4.78, 5) is 11.8. The van der Waals surface area contributed by atoms with Gasteiger partial charge >= 0.3 is 18.3 Å². The number of ether oxygens (including phenoxy) is 1. The molecular formula is C20H24F12O4. The van der Waals surface area contributed by atoms with E-state index in [1.165, 1.54) is 0 Å². The summed E-state index contributed by atoms with van der Waals surface area (Å²) in [6, 6.07) is 0. The lowest BCUT2D eigenvalue weighted by molar-refractivity contribution is -0.303. The molecule has 0 bridgehead atoms. The van der Waals surface area contributed by atoms with Crippen molar-refractivity contribution in [3.8, 4) is 0 Å². The van der Waals surface area contributed by atoms with Crippen LogP contribution in [0.3, 0.4) is 0 Å². The number of esters is 1. The number of carbonyl (C=O) groups excluding carboxylic acids is 1. The zero-order chi connectivity index (χ0) is 28.4. The first-order chi connectivity index (χ1) is 16.1. The van der Waals surface area contributed by atoms with Crippen molar-refractivity contribution < 1.29 is 72.4 Å². The maximum atomic E-state index is 13.8. The van der Waals surface area contributed by atoms with Crippen LogP contribution >= 0.6 is 0 Å². The van der Waals surface area contributed by atoms with E-state index < -0.39 is 105 Å². The first-order valence-corrected chi connectivity index (χ1v) is 10.4. The van der Waals surface area contributed by atoms with Crippen molar-refractivity contribution in [3.63, 3.8) is 0 Å². The fourth-order valence-corrected chi connectivity index (χ4v) is 4.25. The van der Waals surface area contributed by atoms with Crippen molar-refractivity contribution in [1.29, 1.82) is 0 Å². The van der Waals surface area contributed by atoms with E-state index in [0.717, 1.165) is 6.92 Å². The summed E-state index contributed by atoms with van der Waals surface area (Å²) in [5.74, 6) is -4.71. The van der Waals surface area contributed by atoms with Crippen LogP contribution in [0.15, 0.2) is 12.2 Å². The van der Waals surface area contributed by atoms with Gasteiger partial charge in [-0.15, -0.1) is 0 Å². The standard InChI is InChI=1S/C20H24F12O4/c1-8(2)16(33)36-11-4-9(6-17(34,19(27,28)29)12(21)14(23)24)3-10(5-11)7-18(35,20(30,31)32)13(22)15(25)26/h9-15,34-35H,1,3-7H2,2H3. The third-order valence-electron chi connectivity index (χ3n) is 6.02. The Bertz CT molecular complexity index is 723. The summed E-state index contributed by atoms with van der Waals surface area (Å²) in [6.45, 7) is 4.33. The summed E-state index contributed by atoms with van der Waals surface area (Å²) in [5, 5.41) is 19.6. The predicted molar refractivity (Wildman–Crippen MR) is 98.6 cm³/mol. The lowest BCUT2D eigenvalue weighted by Gasteiger charge is -2.43. The highest BCUT2D eigenvalue weighted by Gasteiger charge is 2.65. The van der Waals surface area contributed by atoms with Gasteiger partial charge < -0.3 is 14.9 Å². The first kappa shape index (κ1) is 32.3. The fraction of sp³-hybridized carbons (Fsp3) is 0.850. The summed E-state index contributed by atoms with van der Waals surface area (Å²) < 4.78 is 164. The molecule has 0 aromatic heterocycles. The van der Waals surface area contributed by atoms with E-state index in [0.29, 0.717) is 0 Å². The van der Waals surface area contributed by atoms with Gasteiger partial charge in [-0.1, -0.05) is 6.58 Å². The van der Waals surface area contributed by atoms with Crippen LogP contribution in [0.25, 0.3) is 0 Å². The Balaban J connectivity index is 3.39. The molecule has 1 rings (SSSR count). The van der Waals surface area contributed by atoms with Crippen LogP contribution in [0, 0.1) is 11.8 Å². The van der Waals surface area contributed by atoms with Crippen molar-refractivity contribution in [2.45, 2.75) is 93.9 Å². The summed E-state index contributed by atoms with van der Waals surface area (Å²) in [5.41, 5.74) is -9.62. The lowest BCUT2D eigenvalue weighted by Crippen LogP contribution is -2.58. The van der Waals surface area contributed by atoms with Crippen LogP contribution in [-0.2, 0) is 9.53 Å². The highest BCUT2D eigenvalue weighted by atomic mass is 19.4. The van der Waals surface area contributed by atoms with E-state index in [-0.39, 0.29) is 5.57 Å². The van der Waals surface area contributed by atoms with Gasteiger partial charge in [-0.2, -0.15) is 26.3 Å². The molecule has 1 saturated carbocycles. The topological polar surface area (TPSA) is 66.8 Å². The quantitative estimate of drug-likeness (QED) is 0.213. The van der Waals surface area contributed by atoms with Gasteiger partial charge in [-0.05, 0) is 50.9 Å². The van der Waals surface area contributed by atoms with Crippen molar-refractivity contribution in [2.75, 3.05) is 0 Å². The van der Waals surface area contributed by atoms with Crippen LogP contribution in [0.5, 0.6) is 0 Å². The Kier molecular flexibility index (Phi) is 10.2. The van der Waals surface area contributed by atoms with Gasteiger partial charge in [0.05, 0.1) is 0 Å². The largest absolute Gasteiger partial charge is 0.459 e. The molecule has 36 heavy (non-hydrogen) atoms. The van der Waals surface area contributed by atoms with Crippen LogP contribution in [0.1, 0.15) is 39.0 Å². The van der Waals surface area contributed by atoms with Crippen molar-refractivity contribution in [1.82, 2.24) is 0 Å². The molecule has 0 aromatic rings. The Labute approximate surface area is 197 Å². The van der Waals surface area contributed by atoms with E-state index in [4.69, 9.17) is 4.74 Å². The monoisotopic (exact) mass is 556 g/mol. The molecule has 0 aromatic carbocycles. The molecule has 6 atom stereocenters. The van der Waals surface area contributed by atoms with E-state index in [1.54, 1.807) is 0 Å². The normalized spacial score (nSPS) is 26.8.